The Kier molecular flexibility index (Phi) is 6.02. The van der Waals surface area contributed by atoms with Gasteiger partial charge in [-0.2, -0.15) is 0 Å². The second kappa shape index (κ2) is 8.21. The van der Waals surface area contributed by atoms with Crippen molar-refractivity contribution in [1.29, 1.82) is 0 Å². The molecule has 0 aliphatic heterocycles. The first-order valence-corrected chi connectivity index (χ1v) is 7.76. The summed E-state index contributed by atoms with van der Waals surface area (Å²) in [6, 6.07) is 11.1. The zero-order valence-corrected chi connectivity index (χ0v) is 13.1. The molecule has 8 heteroatoms. The number of hydrogen-bond donors (Lipinski definition) is 0. The average molecular weight is 349 g/mol. The third-order valence-electron chi connectivity index (χ3n) is 2.94. The number of rotatable bonds is 7. The van der Waals surface area contributed by atoms with Crippen LogP contribution in [0, 0.1) is 15.9 Å². The molecular formula is C16H12FNO5S. The van der Waals surface area contributed by atoms with E-state index >= 15 is 0 Å². The summed E-state index contributed by atoms with van der Waals surface area (Å²) < 4.78 is 18.2. The third kappa shape index (κ3) is 4.88. The van der Waals surface area contributed by atoms with E-state index in [0.717, 1.165) is 17.8 Å². The van der Waals surface area contributed by atoms with Crippen molar-refractivity contribution in [3.8, 4) is 0 Å². The summed E-state index contributed by atoms with van der Waals surface area (Å²) in [6.07, 6.45) is 0. The van der Waals surface area contributed by atoms with Crippen molar-refractivity contribution in [2.45, 2.75) is 4.90 Å². The molecule has 0 atom stereocenters. The molecule has 0 aliphatic rings. The van der Waals surface area contributed by atoms with Gasteiger partial charge in [0.2, 0.25) is 5.78 Å². The van der Waals surface area contributed by atoms with E-state index in [1.54, 1.807) is 0 Å². The number of thioether (sulfide) groups is 1. The molecule has 0 amide bonds. The lowest BCUT2D eigenvalue weighted by Gasteiger charge is -2.05. The predicted molar refractivity (Wildman–Crippen MR) is 85.5 cm³/mol. The van der Waals surface area contributed by atoms with Crippen molar-refractivity contribution in [3.05, 3.63) is 70.0 Å². The quantitative estimate of drug-likeness (QED) is 0.251. The van der Waals surface area contributed by atoms with Gasteiger partial charge in [0.15, 0.2) is 6.61 Å². The Morgan fingerprint density at radius 1 is 1.12 bits per heavy atom. The summed E-state index contributed by atoms with van der Waals surface area (Å²) in [4.78, 5) is 34.0. The predicted octanol–water partition coefficient (Wildman–Crippen LogP) is 3.25. The van der Waals surface area contributed by atoms with E-state index in [1.807, 2.05) is 0 Å². The van der Waals surface area contributed by atoms with Gasteiger partial charge in [-0.3, -0.25) is 19.7 Å². The Morgan fingerprint density at radius 2 is 1.79 bits per heavy atom. The Balaban J connectivity index is 1.80. The molecule has 0 unspecified atom stereocenters. The summed E-state index contributed by atoms with van der Waals surface area (Å²) in [7, 11) is 0. The van der Waals surface area contributed by atoms with Crippen LogP contribution in [0.4, 0.5) is 10.1 Å². The Labute approximate surface area is 140 Å². The highest BCUT2D eigenvalue weighted by atomic mass is 32.2. The van der Waals surface area contributed by atoms with Crippen molar-refractivity contribution in [1.82, 2.24) is 0 Å². The molecule has 2 rings (SSSR count). The fraction of sp³-hybridized carbons (Fsp3) is 0.125. The maximum Gasteiger partial charge on any atom is 0.316 e. The topological polar surface area (TPSA) is 86.5 Å². The number of esters is 1. The molecule has 0 bridgehead atoms. The van der Waals surface area contributed by atoms with Crippen LogP contribution in [0.25, 0.3) is 0 Å². The smallest absolute Gasteiger partial charge is 0.316 e. The highest BCUT2D eigenvalue weighted by Crippen LogP contribution is 2.21. The van der Waals surface area contributed by atoms with Crippen molar-refractivity contribution in [3.63, 3.8) is 0 Å². The second-order valence-electron chi connectivity index (χ2n) is 4.60. The number of ketones is 1. The van der Waals surface area contributed by atoms with Crippen molar-refractivity contribution < 1.29 is 23.6 Å². The van der Waals surface area contributed by atoms with Gasteiger partial charge in [0.25, 0.3) is 5.69 Å². The SMILES string of the molecule is O=C(CSc1ccc([N+](=O)[O-])cc1)OCC(=O)c1ccccc1F. The Hall–Kier alpha value is -2.74. The first kappa shape index (κ1) is 17.6. The minimum absolute atomic E-state index is 0.0441. The lowest BCUT2D eigenvalue weighted by atomic mass is 10.1. The van der Waals surface area contributed by atoms with E-state index in [9.17, 15) is 24.1 Å². The van der Waals surface area contributed by atoms with E-state index in [4.69, 9.17) is 4.74 Å². The molecule has 124 valence electrons. The van der Waals surface area contributed by atoms with Crippen LogP contribution in [0.2, 0.25) is 0 Å². The summed E-state index contributed by atoms with van der Waals surface area (Å²) >= 11 is 1.12. The largest absolute Gasteiger partial charge is 0.457 e. The Bertz CT molecular complexity index is 763. The highest BCUT2D eigenvalue weighted by Gasteiger charge is 2.14. The van der Waals surface area contributed by atoms with E-state index in [0.29, 0.717) is 4.90 Å². The number of nitro benzene ring substituents is 1. The van der Waals surface area contributed by atoms with Crippen LogP contribution in [0.5, 0.6) is 0 Å². The maximum atomic E-state index is 13.4. The third-order valence-corrected chi connectivity index (χ3v) is 3.93. The van der Waals surface area contributed by atoms with Gasteiger partial charge < -0.3 is 4.74 Å². The summed E-state index contributed by atoms with van der Waals surface area (Å²) in [5, 5.41) is 10.5. The molecule has 2 aromatic rings. The van der Waals surface area contributed by atoms with Crippen LogP contribution in [-0.2, 0) is 9.53 Å². The van der Waals surface area contributed by atoms with Crippen molar-refractivity contribution >= 4 is 29.2 Å². The van der Waals surface area contributed by atoms with Gasteiger partial charge in [0.1, 0.15) is 5.82 Å². The van der Waals surface area contributed by atoms with Crippen molar-refractivity contribution in [2.75, 3.05) is 12.4 Å². The van der Waals surface area contributed by atoms with Crippen LogP contribution >= 0.6 is 11.8 Å². The van der Waals surface area contributed by atoms with Crippen LogP contribution in [0.3, 0.4) is 0 Å². The number of ether oxygens (including phenoxy) is 1. The number of carbonyl (C=O) groups is 2. The number of nitro groups is 1. The lowest BCUT2D eigenvalue weighted by Crippen LogP contribution is -2.16. The number of nitrogens with zero attached hydrogens (tertiary/aromatic N) is 1. The minimum Gasteiger partial charge on any atom is -0.457 e. The number of benzene rings is 2. The van der Waals surface area contributed by atoms with E-state index < -0.39 is 29.1 Å². The first-order valence-electron chi connectivity index (χ1n) is 6.78. The lowest BCUT2D eigenvalue weighted by molar-refractivity contribution is -0.384. The van der Waals surface area contributed by atoms with Gasteiger partial charge in [-0.25, -0.2) is 4.39 Å². The summed E-state index contributed by atoms with van der Waals surface area (Å²) in [5.74, 6) is -1.99. The fourth-order valence-corrected chi connectivity index (χ4v) is 2.46. The zero-order valence-electron chi connectivity index (χ0n) is 12.3. The number of Topliss-reactive ketones (excluding diaryl/α,β-unsaturated/α-hetero) is 1. The highest BCUT2D eigenvalue weighted by molar-refractivity contribution is 8.00. The van der Waals surface area contributed by atoms with Crippen LogP contribution in [-0.4, -0.2) is 29.0 Å². The second-order valence-corrected chi connectivity index (χ2v) is 5.65. The standard InChI is InChI=1S/C16H12FNO5S/c17-14-4-2-1-3-13(14)15(19)9-23-16(20)10-24-12-7-5-11(6-8-12)18(21)22/h1-8H,9-10H2. The fourth-order valence-electron chi connectivity index (χ4n) is 1.76. The number of non-ortho nitro benzene ring substituents is 1. The minimum atomic E-state index is -0.668. The van der Waals surface area contributed by atoms with Crippen LogP contribution < -0.4 is 0 Å². The average Bonchev–Trinajstić information content (AvgIpc) is 2.58. The number of halogens is 1. The normalized spacial score (nSPS) is 10.2. The molecule has 0 heterocycles. The van der Waals surface area contributed by atoms with Gasteiger partial charge in [-0.15, -0.1) is 11.8 Å². The zero-order chi connectivity index (χ0) is 17.5. The molecule has 0 radical (unpaired) electrons. The monoisotopic (exact) mass is 349 g/mol. The molecule has 0 aromatic heterocycles. The van der Waals surface area contributed by atoms with E-state index in [1.165, 1.54) is 42.5 Å². The molecule has 6 nitrogen and oxygen atoms in total. The van der Waals surface area contributed by atoms with Gasteiger partial charge in [-0.1, -0.05) is 12.1 Å². The molecule has 0 N–H and O–H groups in total. The molecule has 0 aliphatic carbocycles. The molecule has 0 fully saturated rings. The van der Waals surface area contributed by atoms with Gasteiger partial charge in [0, 0.05) is 17.0 Å². The first-order chi connectivity index (χ1) is 11.5. The van der Waals surface area contributed by atoms with E-state index in [-0.39, 0.29) is 17.0 Å². The molecule has 0 spiro atoms. The molecule has 24 heavy (non-hydrogen) atoms. The number of carbonyl (C=O) groups excluding carboxylic acids is 2. The summed E-state index contributed by atoms with van der Waals surface area (Å²) in [6.45, 7) is -0.541. The molecular weight excluding hydrogens is 337 g/mol. The van der Waals surface area contributed by atoms with Gasteiger partial charge in [0.05, 0.1) is 16.2 Å². The number of hydrogen-bond acceptors (Lipinski definition) is 6. The van der Waals surface area contributed by atoms with Gasteiger partial charge >= 0.3 is 5.97 Å². The van der Waals surface area contributed by atoms with E-state index in [2.05, 4.69) is 0 Å². The Morgan fingerprint density at radius 3 is 2.42 bits per heavy atom. The van der Waals surface area contributed by atoms with Crippen LogP contribution in [0.1, 0.15) is 10.4 Å². The van der Waals surface area contributed by atoms with Crippen LogP contribution in [0.15, 0.2) is 53.4 Å². The molecule has 0 saturated carbocycles. The summed E-state index contributed by atoms with van der Waals surface area (Å²) in [5.41, 5.74) is -0.175. The van der Waals surface area contributed by atoms with Gasteiger partial charge in [-0.05, 0) is 24.3 Å². The molecule has 2 aromatic carbocycles. The maximum absolute atomic E-state index is 13.4. The van der Waals surface area contributed by atoms with Crippen molar-refractivity contribution in [2.24, 2.45) is 0 Å². The molecule has 0 saturated heterocycles.